The van der Waals surface area contributed by atoms with Gasteiger partial charge in [-0.1, -0.05) is 49.1 Å². The largest absolute Gasteiger partial charge is 0.465 e. The fraction of sp³-hybridized carbons (Fsp3) is 0.600. The topological polar surface area (TPSA) is 67.4 Å². The van der Waals surface area contributed by atoms with Crippen LogP contribution in [0.15, 0.2) is 24.3 Å². The number of ether oxygens (including phenoxy) is 1. The number of esters is 1. The molecule has 0 radical (unpaired) electrons. The second-order valence-corrected chi connectivity index (χ2v) is 6.77. The minimum absolute atomic E-state index is 0.0674. The van der Waals surface area contributed by atoms with Gasteiger partial charge in [-0.2, -0.15) is 0 Å². The van der Waals surface area contributed by atoms with Crippen molar-refractivity contribution in [2.75, 3.05) is 13.2 Å². The lowest BCUT2D eigenvalue weighted by Crippen LogP contribution is -2.50. The highest BCUT2D eigenvalue weighted by molar-refractivity contribution is 5.85. The number of amides is 1. The molecule has 1 amide bonds. The molecular formula is C20H30N2O3. The third-order valence-corrected chi connectivity index (χ3v) is 4.76. The van der Waals surface area contributed by atoms with E-state index >= 15 is 0 Å². The lowest BCUT2D eigenvalue weighted by Gasteiger charge is -2.30. The molecule has 5 heteroatoms. The van der Waals surface area contributed by atoms with Crippen LogP contribution in [0, 0.1) is 12.8 Å². The molecule has 1 aromatic carbocycles. The van der Waals surface area contributed by atoms with Gasteiger partial charge in [-0.25, -0.2) is 0 Å². The summed E-state index contributed by atoms with van der Waals surface area (Å²) in [7, 11) is 0. The second-order valence-electron chi connectivity index (χ2n) is 6.77. The standard InChI is InChI=1S/C20H30N2O3/c1-3-25-18(23)14-22-20(24)19(17-7-5-4-6-8-17)21-13-16-11-9-15(2)10-12-16/h9-12,17,19,21H,3-8,13-14H2,1-2H3,(H,22,24). The number of carbonyl (C=O) groups is 2. The fourth-order valence-electron chi connectivity index (χ4n) is 3.36. The highest BCUT2D eigenvalue weighted by Crippen LogP contribution is 2.27. The van der Waals surface area contributed by atoms with Gasteiger partial charge >= 0.3 is 5.97 Å². The van der Waals surface area contributed by atoms with Gasteiger partial charge in [-0.15, -0.1) is 0 Å². The maximum atomic E-state index is 12.6. The third-order valence-electron chi connectivity index (χ3n) is 4.76. The van der Waals surface area contributed by atoms with Crippen molar-refractivity contribution in [1.82, 2.24) is 10.6 Å². The van der Waals surface area contributed by atoms with Crippen LogP contribution in [0.4, 0.5) is 0 Å². The van der Waals surface area contributed by atoms with Gasteiger partial charge in [-0.3, -0.25) is 9.59 Å². The normalized spacial score (nSPS) is 16.2. The van der Waals surface area contributed by atoms with Crippen LogP contribution in [0.2, 0.25) is 0 Å². The first-order chi connectivity index (χ1) is 12.1. The van der Waals surface area contributed by atoms with Crippen molar-refractivity contribution in [3.05, 3.63) is 35.4 Å². The molecule has 0 bridgehead atoms. The molecule has 138 valence electrons. The van der Waals surface area contributed by atoms with Gasteiger partial charge in [-0.05, 0) is 38.2 Å². The Kier molecular flexibility index (Phi) is 7.92. The smallest absolute Gasteiger partial charge is 0.325 e. The van der Waals surface area contributed by atoms with Crippen LogP contribution in [0.1, 0.15) is 50.2 Å². The molecule has 5 nitrogen and oxygen atoms in total. The second kappa shape index (κ2) is 10.2. The predicted molar refractivity (Wildman–Crippen MR) is 98.0 cm³/mol. The number of aryl methyl sites for hydroxylation is 1. The van der Waals surface area contributed by atoms with Gasteiger partial charge in [0.25, 0.3) is 0 Å². The van der Waals surface area contributed by atoms with Crippen molar-refractivity contribution in [1.29, 1.82) is 0 Å². The van der Waals surface area contributed by atoms with Crippen LogP contribution in [0.3, 0.4) is 0 Å². The molecule has 2 N–H and O–H groups in total. The molecule has 25 heavy (non-hydrogen) atoms. The Balaban J connectivity index is 1.95. The van der Waals surface area contributed by atoms with E-state index in [4.69, 9.17) is 4.74 Å². The summed E-state index contributed by atoms with van der Waals surface area (Å²) in [6.07, 6.45) is 5.68. The summed E-state index contributed by atoms with van der Waals surface area (Å²) in [5, 5.41) is 6.15. The molecule has 0 spiro atoms. The van der Waals surface area contributed by atoms with Gasteiger partial charge in [0.1, 0.15) is 6.54 Å². The summed E-state index contributed by atoms with van der Waals surface area (Å²) >= 11 is 0. The number of nitrogens with one attached hydrogen (secondary N) is 2. The Hall–Kier alpha value is -1.88. The summed E-state index contributed by atoms with van der Waals surface area (Å²) in [6, 6.07) is 8.05. The molecule has 0 aromatic heterocycles. The summed E-state index contributed by atoms with van der Waals surface area (Å²) in [5.74, 6) is -0.176. The number of rotatable bonds is 8. The maximum absolute atomic E-state index is 12.6. The zero-order valence-electron chi connectivity index (χ0n) is 15.3. The first-order valence-electron chi connectivity index (χ1n) is 9.32. The minimum atomic E-state index is -0.392. The Bertz CT molecular complexity index is 551. The molecular weight excluding hydrogens is 316 g/mol. The highest BCUT2D eigenvalue weighted by atomic mass is 16.5. The Morgan fingerprint density at radius 3 is 2.48 bits per heavy atom. The van der Waals surface area contributed by atoms with Crippen LogP contribution in [0.5, 0.6) is 0 Å². The fourth-order valence-corrected chi connectivity index (χ4v) is 3.36. The Labute approximate surface area is 150 Å². The summed E-state index contributed by atoms with van der Waals surface area (Å²) < 4.78 is 4.88. The van der Waals surface area contributed by atoms with Crippen LogP contribution < -0.4 is 10.6 Å². The minimum Gasteiger partial charge on any atom is -0.465 e. The van der Waals surface area contributed by atoms with E-state index in [1.54, 1.807) is 6.92 Å². The lowest BCUT2D eigenvalue weighted by molar-refractivity contribution is -0.143. The van der Waals surface area contributed by atoms with Crippen molar-refractivity contribution < 1.29 is 14.3 Å². The lowest BCUT2D eigenvalue weighted by atomic mass is 9.83. The summed E-state index contributed by atoms with van der Waals surface area (Å²) in [6.45, 7) is 4.72. The van der Waals surface area contributed by atoms with E-state index in [1.165, 1.54) is 24.8 Å². The molecule has 2 rings (SSSR count). The first kappa shape index (κ1) is 19.4. The van der Waals surface area contributed by atoms with E-state index in [2.05, 4.69) is 41.8 Å². The summed E-state index contributed by atoms with van der Waals surface area (Å²) in [4.78, 5) is 24.1. The summed E-state index contributed by atoms with van der Waals surface area (Å²) in [5.41, 5.74) is 2.38. The van der Waals surface area contributed by atoms with Gasteiger partial charge in [0.2, 0.25) is 5.91 Å². The zero-order valence-corrected chi connectivity index (χ0v) is 15.3. The van der Waals surface area contributed by atoms with Crippen molar-refractivity contribution >= 4 is 11.9 Å². The zero-order chi connectivity index (χ0) is 18.1. The monoisotopic (exact) mass is 346 g/mol. The van der Waals surface area contributed by atoms with E-state index in [9.17, 15) is 9.59 Å². The van der Waals surface area contributed by atoms with Gasteiger partial charge in [0.15, 0.2) is 0 Å². The molecule has 0 heterocycles. The van der Waals surface area contributed by atoms with Gasteiger partial charge in [0.05, 0.1) is 12.6 Å². The molecule has 1 atom stereocenters. The van der Waals surface area contributed by atoms with Crippen LogP contribution >= 0.6 is 0 Å². The number of benzene rings is 1. The van der Waals surface area contributed by atoms with Gasteiger partial charge < -0.3 is 15.4 Å². The van der Waals surface area contributed by atoms with Crippen molar-refractivity contribution in [3.8, 4) is 0 Å². The third kappa shape index (κ3) is 6.50. The van der Waals surface area contributed by atoms with Crippen LogP contribution in [-0.4, -0.2) is 31.1 Å². The number of hydrogen-bond donors (Lipinski definition) is 2. The quantitative estimate of drug-likeness (QED) is 0.710. The number of carbonyl (C=O) groups excluding carboxylic acids is 2. The van der Waals surface area contributed by atoms with E-state index in [0.29, 0.717) is 19.1 Å². The van der Waals surface area contributed by atoms with E-state index in [-0.39, 0.29) is 18.5 Å². The van der Waals surface area contributed by atoms with E-state index in [1.807, 2.05) is 0 Å². The molecule has 1 aliphatic rings. The van der Waals surface area contributed by atoms with Gasteiger partial charge in [0, 0.05) is 6.54 Å². The molecule has 1 aromatic rings. The highest BCUT2D eigenvalue weighted by Gasteiger charge is 2.29. The molecule has 1 unspecified atom stereocenters. The average Bonchev–Trinajstić information content (AvgIpc) is 2.63. The Morgan fingerprint density at radius 2 is 1.84 bits per heavy atom. The molecule has 0 aliphatic heterocycles. The predicted octanol–water partition coefficient (Wildman–Crippen LogP) is 2.71. The SMILES string of the molecule is CCOC(=O)CNC(=O)C(NCc1ccc(C)cc1)C1CCCCC1. The van der Waals surface area contributed by atoms with E-state index < -0.39 is 5.97 Å². The van der Waals surface area contributed by atoms with Crippen LogP contribution in [-0.2, 0) is 20.9 Å². The van der Waals surface area contributed by atoms with Crippen molar-refractivity contribution in [2.24, 2.45) is 5.92 Å². The average molecular weight is 346 g/mol. The van der Waals surface area contributed by atoms with Crippen molar-refractivity contribution in [3.63, 3.8) is 0 Å². The van der Waals surface area contributed by atoms with Crippen LogP contribution in [0.25, 0.3) is 0 Å². The Morgan fingerprint density at radius 1 is 1.16 bits per heavy atom. The molecule has 1 saturated carbocycles. The van der Waals surface area contributed by atoms with E-state index in [0.717, 1.165) is 18.4 Å². The molecule has 1 aliphatic carbocycles. The number of hydrogen-bond acceptors (Lipinski definition) is 4. The first-order valence-corrected chi connectivity index (χ1v) is 9.32. The molecule has 0 saturated heterocycles. The van der Waals surface area contributed by atoms with Crippen molar-refractivity contribution in [2.45, 2.75) is 58.5 Å². The molecule has 1 fully saturated rings. The maximum Gasteiger partial charge on any atom is 0.325 e.